The molecule has 1 aliphatic heterocycles. The fourth-order valence-electron chi connectivity index (χ4n) is 2.89. The van der Waals surface area contributed by atoms with E-state index in [1.54, 1.807) is 18.2 Å². The Hall–Kier alpha value is -2.59. The molecule has 0 fully saturated rings. The molecule has 1 heterocycles. The number of aryl methyl sites for hydroxylation is 2. The highest BCUT2D eigenvalue weighted by atomic mass is 35.5. The van der Waals surface area contributed by atoms with Crippen LogP contribution in [0.25, 0.3) is 0 Å². The van der Waals surface area contributed by atoms with Crippen molar-refractivity contribution in [3.05, 3.63) is 70.4 Å². The monoisotopic (exact) mass is 368 g/mol. The Kier molecular flexibility index (Phi) is 5.43. The van der Waals surface area contributed by atoms with E-state index in [2.05, 4.69) is 12.2 Å². The van der Waals surface area contributed by atoms with Crippen LogP contribution in [0.2, 0.25) is 0 Å². The molecule has 1 N–H and O–H groups in total. The molecule has 1 aliphatic rings. The molecule has 0 unspecified atom stereocenters. The number of halogens is 1. The predicted octanol–water partition coefficient (Wildman–Crippen LogP) is 4.77. The van der Waals surface area contributed by atoms with E-state index in [-0.39, 0.29) is 10.7 Å². The number of hydrogen-bond donors (Lipinski definition) is 1. The number of carbonyl (C=O) groups is 2. The second-order valence-electron chi connectivity index (χ2n) is 6.40. The van der Waals surface area contributed by atoms with Crippen LogP contribution in [0.5, 0.6) is 0 Å². The second kappa shape index (κ2) is 7.75. The van der Waals surface area contributed by atoms with Gasteiger partial charge in [0.2, 0.25) is 0 Å². The first kappa shape index (κ1) is 18.2. The quantitative estimate of drug-likeness (QED) is 0.747. The van der Waals surface area contributed by atoms with Crippen molar-refractivity contribution in [1.82, 2.24) is 0 Å². The van der Waals surface area contributed by atoms with Gasteiger partial charge in [-0.25, -0.2) is 4.90 Å². The number of benzene rings is 2. The third-order valence-corrected chi connectivity index (χ3v) is 4.68. The summed E-state index contributed by atoms with van der Waals surface area (Å²) in [5.41, 5.74) is 3.56. The SMILES string of the molecule is CCCCc1ccc(NC2=C(Cl)C(=O)N(c3cccc(C)c3)C2=O)cc1. The third-order valence-electron chi connectivity index (χ3n) is 4.33. The van der Waals surface area contributed by atoms with E-state index < -0.39 is 11.8 Å². The zero-order valence-electron chi connectivity index (χ0n) is 14.9. The first-order chi connectivity index (χ1) is 12.5. The number of hydrogen-bond acceptors (Lipinski definition) is 3. The molecule has 0 saturated carbocycles. The number of rotatable bonds is 6. The van der Waals surface area contributed by atoms with E-state index in [4.69, 9.17) is 11.6 Å². The predicted molar refractivity (Wildman–Crippen MR) is 105 cm³/mol. The van der Waals surface area contributed by atoms with Gasteiger partial charge in [-0.3, -0.25) is 9.59 Å². The van der Waals surface area contributed by atoms with Crippen LogP contribution in [0.1, 0.15) is 30.9 Å². The van der Waals surface area contributed by atoms with E-state index in [9.17, 15) is 9.59 Å². The van der Waals surface area contributed by atoms with Gasteiger partial charge in [-0.1, -0.05) is 49.2 Å². The first-order valence-electron chi connectivity index (χ1n) is 8.72. The van der Waals surface area contributed by atoms with E-state index in [0.717, 1.165) is 35.4 Å². The van der Waals surface area contributed by atoms with Gasteiger partial charge in [0.05, 0.1) is 5.69 Å². The fourth-order valence-corrected chi connectivity index (χ4v) is 3.11. The summed E-state index contributed by atoms with van der Waals surface area (Å²) in [6, 6.07) is 15.1. The molecule has 0 saturated heterocycles. The summed E-state index contributed by atoms with van der Waals surface area (Å²) in [6.45, 7) is 4.07. The molecule has 2 aromatic carbocycles. The van der Waals surface area contributed by atoms with Gasteiger partial charge in [0, 0.05) is 5.69 Å². The third kappa shape index (κ3) is 3.65. The van der Waals surface area contributed by atoms with Crippen LogP contribution >= 0.6 is 11.6 Å². The van der Waals surface area contributed by atoms with Gasteiger partial charge in [-0.05, 0) is 55.2 Å². The van der Waals surface area contributed by atoms with Gasteiger partial charge in [0.1, 0.15) is 10.7 Å². The fraction of sp³-hybridized carbons (Fsp3) is 0.238. The summed E-state index contributed by atoms with van der Waals surface area (Å²) in [5, 5.41) is 2.91. The summed E-state index contributed by atoms with van der Waals surface area (Å²) in [5.74, 6) is -0.954. The second-order valence-corrected chi connectivity index (χ2v) is 6.78. The number of imide groups is 1. The van der Waals surface area contributed by atoms with E-state index in [1.807, 2.05) is 37.3 Å². The minimum atomic E-state index is -0.510. The molecule has 0 radical (unpaired) electrons. The highest BCUT2D eigenvalue weighted by Crippen LogP contribution is 2.30. The molecule has 0 aromatic heterocycles. The van der Waals surface area contributed by atoms with Crippen molar-refractivity contribution in [2.75, 3.05) is 10.2 Å². The largest absolute Gasteiger partial charge is 0.350 e. The van der Waals surface area contributed by atoms with Crippen LogP contribution in [0.15, 0.2) is 59.3 Å². The molecule has 0 spiro atoms. The summed E-state index contributed by atoms with van der Waals surface area (Å²) in [6.07, 6.45) is 3.31. The smallest absolute Gasteiger partial charge is 0.283 e. The van der Waals surface area contributed by atoms with E-state index in [1.165, 1.54) is 5.56 Å². The zero-order valence-corrected chi connectivity index (χ0v) is 15.6. The minimum absolute atomic E-state index is 0.0911. The molecule has 3 rings (SSSR count). The van der Waals surface area contributed by atoms with Crippen molar-refractivity contribution in [3.63, 3.8) is 0 Å². The first-order valence-corrected chi connectivity index (χ1v) is 9.10. The molecule has 2 aromatic rings. The maximum absolute atomic E-state index is 12.8. The average Bonchev–Trinajstić information content (AvgIpc) is 2.84. The van der Waals surface area contributed by atoms with Crippen molar-refractivity contribution >= 4 is 34.8 Å². The molecular formula is C21H21ClN2O2. The highest BCUT2D eigenvalue weighted by Gasteiger charge is 2.38. The van der Waals surface area contributed by atoms with Crippen molar-refractivity contribution in [3.8, 4) is 0 Å². The Labute approximate surface area is 158 Å². The number of anilines is 2. The summed E-state index contributed by atoms with van der Waals surface area (Å²) >= 11 is 6.16. The maximum Gasteiger partial charge on any atom is 0.283 e. The standard InChI is InChI=1S/C21H21ClN2O2/c1-3-4-7-15-9-11-16(12-10-15)23-19-18(22)20(25)24(21(19)26)17-8-5-6-14(2)13-17/h5-6,8-13,23H,3-4,7H2,1-2H3. The van der Waals surface area contributed by atoms with Crippen molar-refractivity contribution in [1.29, 1.82) is 0 Å². The molecule has 26 heavy (non-hydrogen) atoms. The molecule has 134 valence electrons. The van der Waals surface area contributed by atoms with Gasteiger partial charge in [-0.2, -0.15) is 0 Å². The van der Waals surface area contributed by atoms with Crippen molar-refractivity contribution in [2.45, 2.75) is 33.1 Å². The molecule has 2 amide bonds. The van der Waals surface area contributed by atoms with Gasteiger partial charge < -0.3 is 5.32 Å². The van der Waals surface area contributed by atoms with Crippen LogP contribution in [0, 0.1) is 6.92 Å². The van der Waals surface area contributed by atoms with Crippen molar-refractivity contribution < 1.29 is 9.59 Å². The molecule has 4 nitrogen and oxygen atoms in total. The molecule has 0 atom stereocenters. The number of nitrogens with zero attached hydrogens (tertiary/aromatic N) is 1. The van der Waals surface area contributed by atoms with Gasteiger partial charge in [0.25, 0.3) is 11.8 Å². The van der Waals surface area contributed by atoms with E-state index >= 15 is 0 Å². The normalized spacial score (nSPS) is 14.3. The highest BCUT2D eigenvalue weighted by molar-refractivity contribution is 6.53. The molecule has 5 heteroatoms. The summed E-state index contributed by atoms with van der Waals surface area (Å²) < 4.78 is 0. The Balaban J connectivity index is 1.80. The van der Waals surface area contributed by atoms with Gasteiger partial charge in [-0.15, -0.1) is 0 Å². The number of nitrogens with one attached hydrogen (secondary N) is 1. The molecule has 0 bridgehead atoms. The maximum atomic E-state index is 12.8. The Bertz CT molecular complexity index is 872. The number of unbranched alkanes of at least 4 members (excludes halogenated alkanes) is 1. The topological polar surface area (TPSA) is 49.4 Å². The lowest BCUT2D eigenvalue weighted by molar-refractivity contribution is -0.120. The van der Waals surface area contributed by atoms with Crippen LogP contribution in [0.4, 0.5) is 11.4 Å². The summed E-state index contributed by atoms with van der Waals surface area (Å²) in [7, 11) is 0. The minimum Gasteiger partial charge on any atom is -0.350 e. The van der Waals surface area contributed by atoms with Crippen LogP contribution in [-0.2, 0) is 16.0 Å². The van der Waals surface area contributed by atoms with Gasteiger partial charge in [0.15, 0.2) is 0 Å². The lowest BCUT2D eigenvalue weighted by atomic mass is 10.1. The van der Waals surface area contributed by atoms with Crippen LogP contribution < -0.4 is 10.2 Å². The number of carbonyl (C=O) groups excluding carboxylic acids is 2. The lowest BCUT2D eigenvalue weighted by Gasteiger charge is -2.15. The lowest BCUT2D eigenvalue weighted by Crippen LogP contribution is -2.32. The zero-order chi connectivity index (χ0) is 18.7. The van der Waals surface area contributed by atoms with Crippen LogP contribution in [0.3, 0.4) is 0 Å². The Morgan fingerprint density at radius 3 is 2.42 bits per heavy atom. The van der Waals surface area contributed by atoms with E-state index in [0.29, 0.717) is 5.69 Å². The Morgan fingerprint density at radius 2 is 1.77 bits per heavy atom. The summed E-state index contributed by atoms with van der Waals surface area (Å²) in [4.78, 5) is 26.3. The van der Waals surface area contributed by atoms with Crippen molar-refractivity contribution in [2.24, 2.45) is 0 Å². The Morgan fingerprint density at radius 1 is 1.04 bits per heavy atom. The molecular weight excluding hydrogens is 348 g/mol. The molecule has 0 aliphatic carbocycles. The average molecular weight is 369 g/mol. The van der Waals surface area contributed by atoms with Gasteiger partial charge >= 0.3 is 0 Å². The number of amides is 2. The van der Waals surface area contributed by atoms with Crippen LogP contribution in [-0.4, -0.2) is 11.8 Å².